The fourth-order valence-corrected chi connectivity index (χ4v) is 9.18. The Bertz CT molecular complexity index is 3350. The summed E-state index contributed by atoms with van der Waals surface area (Å²) in [5, 5.41) is 18.9. The fraction of sp³-hybridized carbons (Fsp3) is 0. The maximum atomic E-state index is 10.8. The van der Waals surface area contributed by atoms with Crippen LogP contribution in [0.15, 0.2) is 170 Å². The molecular weight excluding hydrogens is 677 g/mol. The van der Waals surface area contributed by atoms with E-state index in [0.29, 0.717) is 11.4 Å². The quantitative estimate of drug-likeness (QED) is 0.183. The van der Waals surface area contributed by atoms with Gasteiger partial charge in [0.2, 0.25) is 0 Å². The SMILES string of the molecule is N#Cc1cc(-c2nc(-c3ccc4c(c3)sc3ccccc34)nc3ccccc23)ccc1-n1c2ccc(-c3ccccc3)cc2c2cc3ccccc3cc21. The molecule has 0 amide bonds. The molecule has 8 aromatic carbocycles. The van der Waals surface area contributed by atoms with Gasteiger partial charge in [-0.3, -0.25) is 0 Å². The topological polar surface area (TPSA) is 54.5 Å². The molecule has 3 heterocycles. The van der Waals surface area contributed by atoms with Gasteiger partial charge >= 0.3 is 0 Å². The number of rotatable bonds is 4. The van der Waals surface area contributed by atoms with E-state index >= 15 is 0 Å². The number of hydrogen-bond acceptors (Lipinski definition) is 4. The van der Waals surface area contributed by atoms with Gasteiger partial charge in [0.05, 0.1) is 33.5 Å². The monoisotopic (exact) mass is 704 g/mol. The second-order valence-electron chi connectivity index (χ2n) is 13.7. The first-order valence-electron chi connectivity index (χ1n) is 18.0. The summed E-state index contributed by atoms with van der Waals surface area (Å²) in [7, 11) is 0. The number of thiophene rings is 1. The molecule has 0 radical (unpaired) electrons. The van der Waals surface area contributed by atoms with Crippen molar-refractivity contribution in [1.82, 2.24) is 14.5 Å². The van der Waals surface area contributed by atoms with Crippen LogP contribution in [-0.2, 0) is 0 Å². The third-order valence-corrected chi connectivity index (χ3v) is 11.7. The van der Waals surface area contributed by atoms with Crippen molar-refractivity contribution in [3.8, 4) is 45.5 Å². The van der Waals surface area contributed by atoms with Gasteiger partial charge in [-0.1, -0.05) is 115 Å². The van der Waals surface area contributed by atoms with E-state index in [2.05, 4.69) is 150 Å². The van der Waals surface area contributed by atoms with Crippen molar-refractivity contribution in [1.29, 1.82) is 5.26 Å². The van der Waals surface area contributed by atoms with E-state index in [4.69, 9.17) is 9.97 Å². The highest BCUT2D eigenvalue weighted by atomic mass is 32.1. The molecule has 3 aromatic heterocycles. The lowest BCUT2D eigenvalue weighted by molar-refractivity contribution is 1.17. The largest absolute Gasteiger partial charge is 0.308 e. The zero-order valence-corrected chi connectivity index (χ0v) is 29.7. The molecule has 0 saturated carbocycles. The standard InChI is InChI=1S/C49H28N4S/c50-29-36-24-34(48-39-15-6-8-16-42(39)51-49(52-48)35-18-21-38-37-14-7-9-17-46(37)54-47(38)28-35)20-22-43(36)53-44-23-19-33(30-10-2-1-3-11-30)26-40(44)41-25-31-12-4-5-13-32(31)27-45(41)53/h1-28H. The van der Waals surface area contributed by atoms with Crippen molar-refractivity contribution in [3.63, 3.8) is 0 Å². The summed E-state index contributed by atoms with van der Waals surface area (Å²) in [6.45, 7) is 0. The first kappa shape index (κ1) is 30.5. The third-order valence-electron chi connectivity index (χ3n) is 10.6. The van der Waals surface area contributed by atoms with Crippen LogP contribution in [0.25, 0.3) is 103 Å². The maximum Gasteiger partial charge on any atom is 0.160 e. The Labute approximate surface area is 314 Å². The smallest absolute Gasteiger partial charge is 0.160 e. The van der Waals surface area contributed by atoms with Gasteiger partial charge in [0.15, 0.2) is 5.82 Å². The minimum Gasteiger partial charge on any atom is -0.308 e. The van der Waals surface area contributed by atoms with Crippen molar-refractivity contribution in [3.05, 3.63) is 175 Å². The van der Waals surface area contributed by atoms with E-state index in [1.165, 1.54) is 31.1 Å². The maximum absolute atomic E-state index is 10.8. The molecule has 0 unspecified atom stereocenters. The van der Waals surface area contributed by atoms with E-state index in [1.807, 2.05) is 30.3 Å². The molecule has 0 fully saturated rings. The van der Waals surface area contributed by atoms with Gasteiger partial charge in [-0.05, 0) is 76.5 Å². The van der Waals surface area contributed by atoms with Crippen LogP contribution in [-0.4, -0.2) is 14.5 Å². The van der Waals surface area contributed by atoms with Crippen LogP contribution in [0.3, 0.4) is 0 Å². The van der Waals surface area contributed by atoms with Gasteiger partial charge in [0.25, 0.3) is 0 Å². The Morgan fingerprint density at radius 1 is 0.463 bits per heavy atom. The van der Waals surface area contributed by atoms with Crippen LogP contribution >= 0.6 is 11.3 Å². The molecule has 0 atom stereocenters. The molecule has 0 spiro atoms. The van der Waals surface area contributed by atoms with Gasteiger partial charge in [-0.2, -0.15) is 5.26 Å². The number of nitriles is 1. The highest BCUT2D eigenvalue weighted by Crippen LogP contribution is 2.40. The molecule has 5 heteroatoms. The van der Waals surface area contributed by atoms with E-state index in [9.17, 15) is 5.26 Å². The Kier molecular flexibility index (Phi) is 6.75. The summed E-state index contributed by atoms with van der Waals surface area (Å²) in [6, 6.07) is 62.0. The van der Waals surface area contributed by atoms with Crippen molar-refractivity contribution >= 4 is 75.0 Å². The summed E-state index contributed by atoms with van der Waals surface area (Å²) < 4.78 is 4.72. The number of benzene rings is 8. The highest BCUT2D eigenvalue weighted by molar-refractivity contribution is 7.25. The molecular formula is C49H28N4S. The molecule has 0 aliphatic carbocycles. The predicted octanol–water partition coefficient (Wildman–Crippen LogP) is 13.1. The molecule has 4 nitrogen and oxygen atoms in total. The van der Waals surface area contributed by atoms with Crippen LogP contribution in [0.4, 0.5) is 0 Å². The Morgan fingerprint density at radius 3 is 2.04 bits per heavy atom. The highest BCUT2D eigenvalue weighted by Gasteiger charge is 2.19. The lowest BCUT2D eigenvalue weighted by Crippen LogP contribution is -2.00. The van der Waals surface area contributed by atoms with E-state index in [1.54, 1.807) is 11.3 Å². The molecule has 0 aliphatic rings. The molecule has 0 bridgehead atoms. The zero-order chi connectivity index (χ0) is 35.8. The molecule has 11 aromatic rings. The average molecular weight is 705 g/mol. The number of para-hydroxylation sites is 1. The zero-order valence-electron chi connectivity index (χ0n) is 28.9. The van der Waals surface area contributed by atoms with Gasteiger partial charge in [0.1, 0.15) is 6.07 Å². The van der Waals surface area contributed by atoms with Crippen molar-refractivity contribution < 1.29 is 0 Å². The molecule has 11 rings (SSSR count). The van der Waals surface area contributed by atoms with E-state index in [-0.39, 0.29) is 0 Å². The summed E-state index contributed by atoms with van der Waals surface area (Å²) >= 11 is 1.79. The second kappa shape index (κ2) is 12.0. The average Bonchev–Trinajstić information content (AvgIpc) is 3.76. The first-order chi connectivity index (χ1) is 26.7. The normalized spacial score (nSPS) is 11.7. The summed E-state index contributed by atoms with van der Waals surface area (Å²) in [5.74, 6) is 0.661. The molecule has 0 saturated heterocycles. The molecule has 0 N–H and O–H groups in total. The predicted molar refractivity (Wildman–Crippen MR) is 225 cm³/mol. The van der Waals surface area contributed by atoms with Crippen LogP contribution in [0.1, 0.15) is 5.56 Å². The Hall–Kier alpha value is -7.13. The fourth-order valence-electron chi connectivity index (χ4n) is 8.03. The van der Waals surface area contributed by atoms with Crippen LogP contribution in [0.2, 0.25) is 0 Å². The van der Waals surface area contributed by atoms with Crippen molar-refractivity contribution in [2.75, 3.05) is 0 Å². The minimum absolute atomic E-state index is 0.572. The molecule has 0 aliphatic heterocycles. The Morgan fingerprint density at radius 2 is 1.17 bits per heavy atom. The van der Waals surface area contributed by atoms with Crippen LogP contribution < -0.4 is 0 Å². The first-order valence-corrected chi connectivity index (χ1v) is 18.8. The van der Waals surface area contributed by atoms with Crippen molar-refractivity contribution in [2.24, 2.45) is 0 Å². The second-order valence-corrected chi connectivity index (χ2v) is 14.8. The molecule has 250 valence electrons. The van der Waals surface area contributed by atoms with Gasteiger partial charge in [0, 0.05) is 47.5 Å². The lowest BCUT2D eigenvalue weighted by Gasteiger charge is -2.14. The third kappa shape index (κ3) is 4.75. The number of aromatic nitrogens is 3. The van der Waals surface area contributed by atoms with E-state index in [0.717, 1.165) is 66.2 Å². The number of nitrogens with zero attached hydrogens (tertiary/aromatic N) is 4. The summed E-state index contributed by atoms with van der Waals surface area (Å²) in [5.41, 5.74) is 9.34. The molecule has 54 heavy (non-hydrogen) atoms. The number of fused-ring (bicyclic) bond motifs is 8. The summed E-state index contributed by atoms with van der Waals surface area (Å²) in [4.78, 5) is 10.3. The van der Waals surface area contributed by atoms with Crippen molar-refractivity contribution in [2.45, 2.75) is 0 Å². The number of hydrogen-bond donors (Lipinski definition) is 0. The van der Waals surface area contributed by atoms with Crippen LogP contribution in [0, 0.1) is 11.3 Å². The Balaban J connectivity index is 1.10. The van der Waals surface area contributed by atoms with Crippen LogP contribution in [0.5, 0.6) is 0 Å². The van der Waals surface area contributed by atoms with Gasteiger partial charge in [-0.15, -0.1) is 11.3 Å². The summed E-state index contributed by atoms with van der Waals surface area (Å²) in [6.07, 6.45) is 0. The van der Waals surface area contributed by atoms with Gasteiger partial charge < -0.3 is 4.57 Å². The van der Waals surface area contributed by atoms with Gasteiger partial charge in [-0.25, -0.2) is 9.97 Å². The lowest BCUT2D eigenvalue weighted by atomic mass is 10.0. The van der Waals surface area contributed by atoms with E-state index < -0.39 is 0 Å². The minimum atomic E-state index is 0.572.